The van der Waals surface area contributed by atoms with Crippen LogP contribution in [0.1, 0.15) is 50.3 Å². The molecule has 1 N–H and O–H groups in total. The number of hydrogen-bond donors (Lipinski definition) is 1. The molecule has 192 valence electrons. The normalized spacial score (nSPS) is 12.3. The van der Waals surface area contributed by atoms with Crippen molar-refractivity contribution in [2.24, 2.45) is 0 Å². The summed E-state index contributed by atoms with van der Waals surface area (Å²) in [5.74, 6) is -0.462. The highest BCUT2D eigenvalue weighted by atomic mass is 35.5. The molecule has 9 heteroatoms. The molecule has 0 fully saturated rings. The lowest BCUT2D eigenvalue weighted by Gasteiger charge is -2.30. The van der Waals surface area contributed by atoms with Gasteiger partial charge in [-0.2, -0.15) is 0 Å². The molecule has 0 heterocycles. The highest BCUT2D eigenvalue weighted by Gasteiger charge is 2.27. The number of sulfonamides is 1. The van der Waals surface area contributed by atoms with E-state index in [0.29, 0.717) is 17.1 Å². The van der Waals surface area contributed by atoms with Gasteiger partial charge in [0.2, 0.25) is 21.8 Å². The maximum absolute atomic E-state index is 13.3. The van der Waals surface area contributed by atoms with Gasteiger partial charge in [0.15, 0.2) is 0 Å². The lowest BCUT2D eigenvalue weighted by Crippen LogP contribution is -2.49. The van der Waals surface area contributed by atoms with Gasteiger partial charge in [-0.05, 0) is 75.9 Å². The number of carbonyl (C=O) groups excluding carboxylic acids is 2. The molecule has 0 aromatic heterocycles. The van der Waals surface area contributed by atoms with Crippen molar-refractivity contribution in [1.29, 1.82) is 0 Å². The van der Waals surface area contributed by atoms with E-state index in [-0.39, 0.29) is 37.4 Å². The van der Waals surface area contributed by atoms with Crippen LogP contribution < -0.4 is 9.62 Å². The molecule has 35 heavy (non-hydrogen) atoms. The summed E-state index contributed by atoms with van der Waals surface area (Å²) in [5, 5.41) is 3.45. The summed E-state index contributed by atoms with van der Waals surface area (Å²) in [6.45, 7) is 9.65. The summed E-state index contributed by atoms with van der Waals surface area (Å²) < 4.78 is 26.4. The molecular weight excluding hydrogens is 486 g/mol. The van der Waals surface area contributed by atoms with Gasteiger partial charge in [0.05, 0.1) is 11.9 Å². The zero-order valence-electron chi connectivity index (χ0n) is 21.3. The van der Waals surface area contributed by atoms with Crippen molar-refractivity contribution >= 4 is 39.1 Å². The molecule has 1 atom stereocenters. The number of nitrogens with zero attached hydrogens (tertiary/aromatic N) is 2. The summed E-state index contributed by atoms with van der Waals surface area (Å²) in [6.07, 6.45) is 1.58. The maximum Gasteiger partial charge on any atom is 0.242 e. The van der Waals surface area contributed by atoms with Crippen LogP contribution in [-0.2, 0) is 26.2 Å². The molecule has 2 aromatic carbocycles. The molecule has 0 aliphatic carbocycles. The van der Waals surface area contributed by atoms with Gasteiger partial charge >= 0.3 is 0 Å². The summed E-state index contributed by atoms with van der Waals surface area (Å²) in [7, 11) is -3.54. The SMILES string of the molecule is Cc1cccc(N(CCCC(=O)N(Cc2ccc(Cl)cc2)[C@@H](C)C(=O)NC(C)C)S(C)(=O)=O)c1C. The van der Waals surface area contributed by atoms with Crippen LogP contribution in [0.2, 0.25) is 5.02 Å². The molecule has 2 rings (SSSR count). The second-order valence-corrected chi connectivity index (χ2v) is 11.5. The highest BCUT2D eigenvalue weighted by Crippen LogP contribution is 2.25. The van der Waals surface area contributed by atoms with E-state index in [9.17, 15) is 18.0 Å². The molecule has 0 aliphatic heterocycles. The van der Waals surface area contributed by atoms with Crippen LogP contribution in [0.5, 0.6) is 0 Å². The van der Waals surface area contributed by atoms with Crippen molar-refractivity contribution in [3.63, 3.8) is 0 Å². The van der Waals surface area contributed by atoms with Crippen LogP contribution in [0.3, 0.4) is 0 Å². The minimum Gasteiger partial charge on any atom is -0.352 e. The van der Waals surface area contributed by atoms with Gasteiger partial charge in [0, 0.05) is 30.6 Å². The van der Waals surface area contributed by atoms with Crippen molar-refractivity contribution in [2.45, 2.75) is 66.1 Å². The lowest BCUT2D eigenvalue weighted by atomic mass is 10.1. The van der Waals surface area contributed by atoms with Crippen LogP contribution in [0.4, 0.5) is 5.69 Å². The van der Waals surface area contributed by atoms with E-state index in [1.807, 2.05) is 52.0 Å². The third-order valence-corrected chi connectivity index (χ3v) is 7.29. The number of amides is 2. The number of halogens is 1. The quantitative estimate of drug-likeness (QED) is 0.473. The van der Waals surface area contributed by atoms with Gasteiger partial charge in [-0.1, -0.05) is 35.9 Å². The molecule has 0 aliphatic rings. The fraction of sp³-hybridized carbons (Fsp3) is 0.462. The topological polar surface area (TPSA) is 86.8 Å². The Bertz CT molecular complexity index is 1130. The van der Waals surface area contributed by atoms with Gasteiger partial charge in [-0.3, -0.25) is 13.9 Å². The molecule has 0 saturated heterocycles. The third-order valence-electron chi connectivity index (χ3n) is 5.86. The largest absolute Gasteiger partial charge is 0.352 e. The molecule has 0 bridgehead atoms. The Morgan fingerprint density at radius 2 is 1.66 bits per heavy atom. The van der Waals surface area contributed by atoms with Crippen molar-refractivity contribution in [1.82, 2.24) is 10.2 Å². The molecule has 7 nitrogen and oxygen atoms in total. The van der Waals surface area contributed by atoms with E-state index >= 15 is 0 Å². The number of benzene rings is 2. The summed E-state index contributed by atoms with van der Waals surface area (Å²) in [4.78, 5) is 27.5. The molecule has 0 spiro atoms. The lowest BCUT2D eigenvalue weighted by molar-refractivity contribution is -0.140. The first-order chi connectivity index (χ1) is 16.3. The Balaban J connectivity index is 2.20. The van der Waals surface area contributed by atoms with Crippen LogP contribution >= 0.6 is 11.6 Å². The van der Waals surface area contributed by atoms with Gasteiger partial charge in [0.25, 0.3) is 0 Å². The average Bonchev–Trinajstić information content (AvgIpc) is 2.76. The first-order valence-electron chi connectivity index (χ1n) is 11.7. The number of nitrogens with one attached hydrogen (secondary N) is 1. The smallest absolute Gasteiger partial charge is 0.242 e. The van der Waals surface area contributed by atoms with E-state index in [2.05, 4.69) is 5.32 Å². The average molecular weight is 522 g/mol. The maximum atomic E-state index is 13.3. The van der Waals surface area contributed by atoms with Crippen LogP contribution in [0, 0.1) is 13.8 Å². The number of hydrogen-bond acceptors (Lipinski definition) is 4. The molecule has 0 saturated carbocycles. The Labute approximate surface area is 214 Å². The fourth-order valence-electron chi connectivity index (χ4n) is 3.76. The Hall–Kier alpha value is -2.58. The first-order valence-corrected chi connectivity index (χ1v) is 13.9. The van der Waals surface area contributed by atoms with Crippen molar-refractivity contribution in [3.8, 4) is 0 Å². The minimum absolute atomic E-state index is 0.0571. The van der Waals surface area contributed by atoms with E-state index in [1.54, 1.807) is 25.1 Å². The standard InChI is InChI=1S/C26H36ClN3O4S/c1-18(2)28-26(32)21(5)29(17-22-12-14-23(27)15-13-22)25(31)11-8-16-30(35(6,33)34)24-10-7-9-19(3)20(24)4/h7,9-10,12-15,18,21H,8,11,16-17H2,1-6H3,(H,28,32)/t21-/m0/s1. The predicted molar refractivity (Wildman–Crippen MR) is 142 cm³/mol. The monoisotopic (exact) mass is 521 g/mol. The number of anilines is 1. The molecule has 0 radical (unpaired) electrons. The molecular formula is C26H36ClN3O4S. The fourth-order valence-corrected chi connectivity index (χ4v) is 4.90. The summed E-state index contributed by atoms with van der Waals surface area (Å²) in [6, 6.07) is 11.9. The second kappa shape index (κ2) is 12.4. The zero-order valence-corrected chi connectivity index (χ0v) is 22.9. The highest BCUT2D eigenvalue weighted by molar-refractivity contribution is 7.92. The Kier molecular flexibility index (Phi) is 10.2. The predicted octanol–water partition coefficient (Wildman–Crippen LogP) is 4.44. The van der Waals surface area contributed by atoms with E-state index in [0.717, 1.165) is 16.7 Å². The summed E-state index contributed by atoms with van der Waals surface area (Å²) in [5.41, 5.74) is 3.33. The van der Waals surface area contributed by atoms with Gasteiger partial charge in [0.1, 0.15) is 6.04 Å². The number of rotatable bonds is 11. The van der Waals surface area contributed by atoms with Crippen molar-refractivity contribution < 1.29 is 18.0 Å². The number of aryl methyl sites for hydroxylation is 1. The van der Waals surface area contributed by atoms with Crippen LogP contribution in [-0.4, -0.2) is 50.0 Å². The minimum atomic E-state index is -3.54. The number of carbonyl (C=O) groups is 2. The van der Waals surface area contributed by atoms with Crippen molar-refractivity contribution in [2.75, 3.05) is 17.1 Å². The molecule has 2 aromatic rings. The zero-order chi connectivity index (χ0) is 26.3. The van der Waals surface area contributed by atoms with E-state index < -0.39 is 16.1 Å². The molecule has 0 unspecified atom stereocenters. The van der Waals surface area contributed by atoms with E-state index in [1.165, 1.54) is 15.5 Å². The molecule has 2 amide bonds. The van der Waals surface area contributed by atoms with Crippen molar-refractivity contribution in [3.05, 3.63) is 64.2 Å². The van der Waals surface area contributed by atoms with Crippen LogP contribution in [0.15, 0.2) is 42.5 Å². The van der Waals surface area contributed by atoms with E-state index in [4.69, 9.17) is 11.6 Å². The Morgan fingerprint density at radius 1 is 1.03 bits per heavy atom. The van der Waals surface area contributed by atoms with Gasteiger partial charge in [-0.15, -0.1) is 0 Å². The van der Waals surface area contributed by atoms with Crippen LogP contribution in [0.25, 0.3) is 0 Å². The first kappa shape index (κ1) is 28.7. The third kappa shape index (κ3) is 8.25. The van der Waals surface area contributed by atoms with Gasteiger partial charge in [-0.25, -0.2) is 8.42 Å². The summed E-state index contributed by atoms with van der Waals surface area (Å²) >= 11 is 5.99. The second-order valence-electron chi connectivity index (χ2n) is 9.15. The Morgan fingerprint density at radius 3 is 2.23 bits per heavy atom. The van der Waals surface area contributed by atoms with Gasteiger partial charge < -0.3 is 10.2 Å².